The van der Waals surface area contributed by atoms with Crippen molar-refractivity contribution < 1.29 is 19.4 Å². The summed E-state index contributed by atoms with van der Waals surface area (Å²) in [4.78, 5) is 16.0. The summed E-state index contributed by atoms with van der Waals surface area (Å²) in [6, 6.07) is 0.690. The number of aliphatic hydroxyl groups excluding tert-OH is 1. The van der Waals surface area contributed by atoms with E-state index in [1.165, 1.54) is 12.8 Å². The maximum Gasteiger partial charge on any atom is 0.226 e. The van der Waals surface area contributed by atoms with Gasteiger partial charge in [-0.25, -0.2) is 0 Å². The zero-order valence-electron chi connectivity index (χ0n) is 18.5. The number of rotatable bonds is 3. The molecule has 0 unspecified atom stereocenters. The zero-order chi connectivity index (χ0) is 21.0. The second kappa shape index (κ2) is 8.10. The van der Waals surface area contributed by atoms with E-state index < -0.39 is 6.10 Å². The molecule has 0 bridgehead atoms. The highest BCUT2D eigenvalue weighted by atomic mass is 16.5. The number of nitrogens with zero attached hydrogens (tertiary/aromatic N) is 1. The second-order valence-corrected chi connectivity index (χ2v) is 10.4. The smallest absolute Gasteiger partial charge is 0.226 e. The van der Waals surface area contributed by atoms with E-state index in [0.717, 1.165) is 50.8 Å². The van der Waals surface area contributed by atoms with Gasteiger partial charge in [0.05, 0.1) is 18.1 Å². The Hall–Kier alpha value is -1.11. The van der Waals surface area contributed by atoms with E-state index >= 15 is 0 Å². The van der Waals surface area contributed by atoms with Crippen molar-refractivity contribution in [2.75, 3.05) is 20.8 Å². The molecule has 0 aromatic carbocycles. The number of ether oxygens (including phenoxy) is 2. The van der Waals surface area contributed by atoms with Crippen LogP contribution in [0.25, 0.3) is 0 Å². The highest BCUT2D eigenvalue weighted by Crippen LogP contribution is 2.54. The van der Waals surface area contributed by atoms with Crippen LogP contribution in [0.1, 0.15) is 51.4 Å². The largest absolute Gasteiger partial charge is 0.388 e. The van der Waals surface area contributed by atoms with Crippen LogP contribution in [0.4, 0.5) is 0 Å². The van der Waals surface area contributed by atoms with E-state index in [2.05, 4.69) is 16.8 Å². The number of methoxy groups -OCH3 is 2. The quantitative estimate of drug-likeness (QED) is 0.736. The third-order valence-electron chi connectivity index (χ3n) is 9.15. The molecule has 3 saturated heterocycles. The maximum atomic E-state index is 13.7. The Kier molecular flexibility index (Phi) is 5.61. The van der Waals surface area contributed by atoms with Crippen molar-refractivity contribution in [2.45, 2.75) is 81.8 Å². The van der Waals surface area contributed by atoms with Gasteiger partial charge in [0.2, 0.25) is 5.91 Å². The summed E-state index contributed by atoms with van der Waals surface area (Å²) in [6.07, 6.45) is 7.57. The number of aliphatic hydroxyl groups is 1. The number of fused-ring (bicyclic) bond motifs is 4. The van der Waals surface area contributed by atoms with Gasteiger partial charge >= 0.3 is 0 Å². The molecule has 5 rings (SSSR count). The molecule has 168 valence electrons. The van der Waals surface area contributed by atoms with Crippen molar-refractivity contribution in [3.63, 3.8) is 0 Å². The van der Waals surface area contributed by atoms with E-state index in [1.54, 1.807) is 14.2 Å². The third kappa shape index (κ3) is 3.13. The second-order valence-electron chi connectivity index (χ2n) is 10.4. The number of piperidine rings is 2. The first-order chi connectivity index (χ1) is 14.5. The number of carbonyl (C=O) groups excluding carboxylic acids is 1. The predicted octanol–water partition coefficient (Wildman–Crippen LogP) is 2.32. The minimum Gasteiger partial charge on any atom is -0.388 e. The number of nitrogens with one attached hydrogen (secondary N) is 1. The van der Waals surface area contributed by atoms with Gasteiger partial charge in [-0.1, -0.05) is 19.4 Å². The number of amides is 1. The summed E-state index contributed by atoms with van der Waals surface area (Å²) < 4.78 is 11.4. The van der Waals surface area contributed by atoms with Gasteiger partial charge in [-0.15, -0.1) is 0 Å². The average Bonchev–Trinajstić information content (AvgIpc) is 3.24. The lowest BCUT2D eigenvalue weighted by molar-refractivity contribution is -0.165. The van der Waals surface area contributed by atoms with E-state index in [4.69, 9.17) is 9.47 Å². The Bertz CT molecular complexity index is 670. The highest BCUT2D eigenvalue weighted by molar-refractivity contribution is 5.82. The average molecular weight is 419 g/mol. The first-order valence-electron chi connectivity index (χ1n) is 12.0. The van der Waals surface area contributed by atoms with Gasteiger partial charge in [0, 0.05) is 44.5 Å². The lowest BCUT2D eigenvalue weighted by Gasteiger charge is -2.57. The van der Waals surface area contributed by atoms with E-state index in [0.29, 0.717) is 29.7 Å². The fraction of sp³-hybridized carbons (Fsp3) is 0.875. The number of hydrogen-bond acceptors (Lipinski definition) is 5. The molecule has 0 radical (unpaired) electrons. The summed E-state index contributed by atoms with van der Waals surface area (Å²) in [5, 5.41) is 14.4. The van der Waals surface area contributed by atoms with Gasteiger partial charge in [-0.3, -0.25) is 4.79 Å². The number of hydrogen-bond donors (Lipinski definition) is 2. The van der Waals surface area contributed by atoms with E-state index in [9.17, 15) is 9.90 Å². The van der Waals surface area contributed by atoms with Crippen LogP contribution >= 0.6 is 0 Å². The SMILES string of the molecule is C=C1N[C@H]2CCCC[C@@H]2[C@H]2C(=O)N3CCC[C@H]3[C@H](C3C[C@@H](OC)C(O)[C@H](OC)C3)[C@@H]12. The van der Waals surface area contributed by atoms with Crippen molar-refractivity contribution in [1.82, 2.24) is 10.2 Å². The zero-order valence-corrected chi connectivity index (χ0v) is 18.5. The van der Waals surface area contributed by atoms with E-state index in [-0.39, 0.29) is 30.1 Å². The van der Waals surface area contributed by atoms with Crippen LogP contribution in [-0.2, 0) is 14.3 Å². The molecule has 0 aromatic heterocycles. The fourth-order valence-corrected chi connectivity index (χ4v) is 7.90. The molecule has 6 heteroatoms. The fourth-order valence-electron chi connectivity index (χ4n) is 7.90. The molecule has 1 amide bonds. The van der Waals surface area contributed by atoms with Crippen LogP contribution in [0.5, 0.6) is 0 Å². The first kappa shape index (κ1) is 20.8. The standard InChI is InChI=1S/C24H38N2O4/c1-13-20-21(14-11-18(29-2)23(27)19(12-14)30-3)17-9-6-10-26(17)24(28)22(20)15-7-4-5-8-16(15)25-13/h14-23,25,27H,1,4-12H2,2-3H3/t14?,15-,16-,17-,18+,19+,20+,21-,22+,23?/m0/s1. The highest BCUT2D eigenvalue weighted by Gasteiger charge is 2.59. The van der Waals surface area contributed by atoms with Crippen molar-refractivity contribution in [2.24, 2.45) is 29.6 Å². The molecule has 0 aromatic rings. The molecule has 6 nitrogen and oxygen atoms in total. The molecule has 0 spiro atoms. The molecule has 5 aliphatic rings. The summed E-state index contributed by atoms with van der Waals surface area (Å²) in [7, 11) is 3.37. The van der Waals surface area contributed by atoms with Crippen LogP contribution in [-0.4, -0.2) is 67.1 Å². The third-order valence-corrected chi connectivity index (χ3v) is 9.15. The summed E-state index contributed by atoms with van der Waals surface area (Å²) >= 11 is 0. The van der Waals surface area contributed by atoms with Gasteiger partial charge in [0.1, 0.15) is 6.10 Å². The van der Waals surface area contributed by atoms with Crippen LogP contribution in [0.2, 0.25) is 0 Å². The van der Waals surface area contributed by atoms with Gasteiger partial charge in [0.25, 0.3) is 0 Å². The number of carbonyl (C=O) groups is 1. The van der Waals surface area contributed by atoms with Crippen LogP contribution in [0.15, 0.2) is 12.3 Å². The Balaban J connectivity index is 1.51. The predicted molar refractivity (Wildman–Crippen MR) is 114 cm³/mol. The van der Waals surface area contributed by atoms with Gasteiger partial charge in [0.15, 0.2) is 0 Å². The van der Waals surface area contributed by atoms with Crippen LogP contribution in [0, 0.1) is 29.6 Å². The van der Waals surface area contributed by atoms with E-state index in [1.807, 2.05) is 0 Å². The molecule has 5 fully saturated rings. The van der Waals surface area contributed by atoms with Gasteiger partial charge in [-0.2, -0.15) is 0 Å². The monoisotopic (exact) mass is 418 g/mol. The van der Waals surface area contributed by atoms with Crippen molar-refractivity contribution in [3.05, 3.63) is 12.3 Å². The van der Waals surface area contributed by atoms with Crippen molar-refractivity contribution in [1.29, 1.82) is 0 Å². The van der Waals surface area contributed by atoms with Gasteiger partial charge in [-0.05, 0) is 56.3 Å². The van der Waals surface area contributed by atoms with Crippen molar-refractivity contribution in [3.8, 4) is 0 Å². The minimum absolute atomic E-state index is 0.0669. The molecule has 3 heterocycles. The molecule has 3 aliphatic heterocycles. The van der Waals surface area contributed by atoms with Crippen LogP contribution < -0.4 is 5.32 Å². The van der Waals surface area contributed by atoms with Crippen LogP contribution in [0.3, 0.4) is 0 Å². The normalized spacial score (nSPS) is 48.6. The van der Waals surface area contributed by atoms with Gasteiger partial charge < -0.3 is 24.8 Å². The Labute approximate surface area is 180 Å². The summed E-state index contributed by atoms with van der Waals surface area (Å²) in [6.45, 7) is 5.38. The lowest BCUT2D eigenvalue weighted by Crippen LogP contribution is -2.65. The number of allylic oxidation sites excluding steroid dienone is 1. The molecule has 8 atom stereocenters. The molecular formula is C24H38N2O4. The summed E-state index contributed by atoms with van der Waals surface area (Å²) in [5.74, 6) is 1.79. The Morgan fingerprint density at radius 2 is 1.73 bits per heavy atom. The molecule has 30 heavy (non-hydrogen) atoms. The lowest BCUT2D eigenvalue weighted by atomic mass is 9.56. The Morgan fingerprint density at radius 3 is 2.43 bits per heavy atom. The summed E-state index contributed by atoms with van der Waals surface area (Å²) in [5.41, 5.74) is 1.09. The minimum atomic E-state index is -0.590. The molecule has 2 N–H and O–H groups in total. The molecule has 2 aliphatic carbocycles. The molecular weight excluding hydrogens is 380 g/mol. The Morgan fingerprint density at radius 1 is 1.03 bits per heavy atom. The molecule has 2 saturated carbocycles. The topological polar surface area (TPSA) is 71.0 Å². The first-order valence-corrected chi connectivity index (χ1v) is 12.0. The van der Waals surface area contributed by atoms with Crippen molar-refractivity contribution >= 4 is 5.91 Å². The maximum absolute atomic E-state index is 13.7.